The van der Waals surface area contributed by atoms with Gasteiger partial charge in [0.2, 0.25) is 0 Å². The lowest BCUT2D eigenvalue weighted by molar-refractivity contribution is -0.169. The average Bonchev–Trinajstić information content (AvgIpc) is 2.91. The van der Waals surface area contributed by atoms with Crippen LogP contribution in [0.25, 0.3) is 5.65 Å². The Morgan fingerprint density at radius 3 is 3.13 bits per heavy atom. The van der Waals surface area contributed by atoms with Gasteiger partial charge in [0.1, 0.15) is 11.3 Å². The van der Waals surface area contributed by atoms with E-state index in [9.17, 15) is 4.79 Å². The number of rotatable bonds is 5. The molecule has 23 heavy (non-hydrogen) atoms. The number of carbonyl (C=O) groups is 1. The van der Waals surface area contributed by atoms with Gasteiger partial charge in [-0.15, -0.1) is 0 Å². The fourth-order valence-corrected chi connectivity index (χ4v) is 2.75. The summed E-state index contributed by atoms with van der Waals surface area (Å²) in [7, 11) is 0. The maximum absolute atomic E-state index is 12.3. The van der Waals surface area contributed by atoms with Crippen molar-refractivity contribution in [3.63, 3.8) is 0 Å². The molecule has 6 nitrogen and oxygen atoms in total. The Bertz CT molecular complexity index is 695. The lowest BCUT2D eigenvalue weighted by Crippen LogP contribution is -2.22. The minimum atomic E-state index is -0.425. The van der Waals surface area contributed by atoms with Crippen molar-refractivity contribution in [1.29, 1.82) is 0 Å². The highest BCUT2D eigenvalue weighted by atomic mass is 35.5. The molecule has 0 N–H and O–H groups in total. The second-order valence-corrected chi connectivity index (χ2v) is 5.74. The van der Waals surface area contributed by atoms with E-state index in [-0.39, 0.29) is 12.9 Å². The lowest BCUT2D eigenvalue weighted by atomic mass is 10.2. The van der Waals surface area contributed by atoms with E-state index in [2.05, 4.69) is 4.98 Å². The first-order chi connectivity index (χ1) is 11.2. The van der Waals surface area contributed by atoms with Gasteiger partial charge in [-0.2, -0.15) is 0 Å². The van der Waals surface area contributed by atoms with Gasteiger partial charge < -0.3 is 14.2 Å². The number of imidazole rings is 1. The number of esters is 1. The maximum Gasteiger partial charge on any atom is 0.357 e. The molecule has 0 aliphatic carbocycles. The lowest BCUT2D eigenvalue weighted by Gasteiger charge is -2.22. The number of halogens is 1. The molecule has 1 atom stereocenters. The largest absolute Gasteiger partial charge is 0.461 e. The highest BCUT2D eigenvalue weighted by Gasteiger charge is 2.22. The molecule has 2 aromatic rings. The van der Waals surface area contributed by atoms with Crippen molar-refractivity contribution in [1.82, 2.24) is 9.38 Å². The quantitative estimate of drug-likeness (QED) is 0.783. The summed E-state index contributed by atoms with van der Waals surface area (Å²) < 4.78 is 18.1. The van der Waals surface area contributed by atoms with Crippen LogP contribution in [-0.2, 0) is 20.8 Å². The first kappa shape index (κ1) is 16.2. The molecule has 1 fully saturated rings. The summed E-state index contributed by atoms with van der Waals surface area (Å²) in [6.45, 7) is 2.96. The van der Waals surface area contributed by atoms with Gasteiger partial charge in [-0.1, -0.05) is 11.6 Å². The van der Waals surface area contributed by atoms with Crippen LogP contribution in [0.1, 0.15) is 42.4 Å². The van der Waals surface area contributed by atoms with Crippen molar-refractivity contribution < 1.29 is 19.0 Å². The van der Waals surface area contributed by atoms with Gasteiger partial charge in [0, 0.05) is 23.9 Å². The van der Waals surface area contributed by atoms with E-state index in [0.717, 1.165) is 19.3 Å². The van der Waals surface area contributed by atoms with E-state index in [1.54, 1.807) is 29.7 Å². The molecule has 7 heteroatoms. The molecule has 0 bridgehead atoms. The van der Waals surface area contributed by atoms with Crippen LogP contribution in [0.4, 0.5) is 0 Å². The number of carbonyl (C=O) groups excluding carboxylic acids is 1. The number of pyridine rings is 1. The van der Waals surface area contributed by atoms with E-state index in [1.807, 2.05) is 0 Å². The Morgan fingerprint density at radius 2 is 2.39 bits per heavy atom. The minimum Gasteiger partial charge on any atom is -0.461 e. The van der Waals surface area contributed by atoms with Crippen molar-refractivity contribution in [3.05, 3.63) is 34.7 Å². The Hall–Kier alpha value is -1.63. The van der Waals surface area contributed by atoms with Crippen LogP contribution >= 0.6 is 11.6 Å². The van der Waals surface area contributed by atoms with Gasteiger partial charge in [0.15, 0.2) is 12.0 Å². The summed E-state index contributed by atoms with van der Waals surface area (Å²) in [4.78, 5) is 16.7. The Balaban J connectivity index is 1.87. The molecule has 0 aromatic carbocycles. The smallest absolute Gasteiger partial charge is 0.357 e. The summed E-state index contributed by atoms with van der Waals surface area (Å²) >= 11 is 6.00. The van der Waals surface area contributed by atoms with Crippen molar-refractivity contribution >= 4 is 23.2 Å². The molecule has 3 rings (SSSR count). The Labute approximate surface area is 139 Å². The summed E-state index contributed by atoms with van der Waals surface area (Å²) in [5.74, 6) is -0.425. The molecule has 0 amide bonds. The van der Waals surface area contributed by atoms with Crippen molar-refractivity contribution in [2.75, 3.05) is 13.2 Å². The molecular weight excluding hydrogens is 320 g/mol. The molecule has 3 heterocycles. The van der Waals surface area contributed by atoms with Crippen LogP contribution in [0.5, 0.6) is 0 Å². The van der Waals surface area contributed by atoms with Crippen molar-refractivity contribution in [2.45, 2.75) is 39.1 Å². The SMILES string of the molecule is CCOC(=O)c1c(COC2CCCCO2)nc2cc(Cl)ccn12. The highest BCUT2D eigenvalue weighted by Crippen LogP contribution is 2.21. The van der Waals surface area contributed by atoms with Crippen LogP contribution in [0.2, 0.25) is 5.02 Å². The zero-order chi connectivity index (χ0) is 16.2. The van der Waals surface area contributed by atoms with Crippen LogP contribution < -0.4 is 0 Å². The van der Waals surface area contributed by atoms with Crippen molar-refractivity contribution in [2.24, 2.45) is 0 Å². The van der Waals surface area contributed by atoms with Crippen LogP contribution in [0.15, 0.2) is 18.3 Å². The third-order valence-electron chi connectivity index (χ3n) is 3.67. The zero-order valence-electron chi connectivity index (χ0n) is 13.0. The molecule has 124 valence electrons. The van der Waals surface area contributed by atoms with Gasteiger partial charge in [-0.3, -0.25) is 4.40 Å². The van der Waals surface area contributed by atoms with E-state index in [4.69, 9.17) is 25.8 Å². The molecule has 0 radical (unpaired) electrons. The third-order valence-corrected chi connectivity index (χ3v) is 3.91. The highest BCUT2D eigenvalue weighted by molar-refractivity contribution is 6.30. The van der Waals surface area contributed by atoms with E-state index in [0.29, 0.717) is 35.3 Å². The number of hydrogen-bond acceptors (Lipinski definition) is 5. The fraction of sp³-hybridized carbons (Fsp3) is 0.500. The first-order valence-corrected chi connectivity index (χ1v) is 8.13. The van der Waals surface area contributed by atoms with Crippen LogP contribution in [0.3, 0.4) is 0 Å². The van der Waals surface area contributed by atoms with Gasteiger partial charge >= 0.3 is 5.97 Å². The molecular formula is C16H19ClN2O4. The summed E-state index contributed by atoms with van der Waals surface area (Å²) in [6, 6.07) is 3.40. The predicted octanol–water partition coefficient (Wildman–Crippen LogP) is 3.21. The van der Waals surface area contributed by atoms with E-state index < -0.39 is 5.97 Å². The topological polar surface area (TPSA) is 62.1 Å². The molecule has 1 aliphatic heterocycles. The standard InChI is InChI=1S/C16H19ClN2O4/c1-2-21-16(20)15-12(10-23-14-5-3-4-8-22-14)18-13-9-11(17)6-7-19(13)15/h6-7,9,14H,2-5,8,10H2,1H3. The molecule has 1 aliphatic rings. The van der Waals surface area contributed by atoms with Gasteiger partial charge in [0.25, 0.3) is 0 Å². The summed E-state index contributed by atoms with van der Waals surface area (Å²) in [6.07, 6.45) is 4.45. The Kier molecular flexibility index (Phi) is 5.15. The number of aromatic nitrogens is 2. The second-order valence-electron chi connectivity index (χ2n) is 5.31. The average molecular weight is 339 g/mol. The van der Waals surface area contributed by atoms with Gasteiger partial charge in [-0.25, -0.2) is 9.78 Å². The summed E-state index contributed by atoms with van der Waals surface area (Å²) in [5.41, 5.74) is 1.48. The van der Waals surface area contributed by atoms with E-state index >= 15 is 0 Å². The van der Waals surface area contributed by atoms with Gasteiger partial charge in [-0.05, 0) is 32.3 Å². The maximum atomic E-state index is 12.3. The third kappa shape index (κ3) is 3.65. The van der Waals surface area contributed by atoms with Crippen LogP contribution in [0, 0.1) is 0 Å². The number of ether oxygens (including phenoxy) is 3. The monoisotopic (exact) mass is 338 g/mol. The van der Waals surface area contributed by atoms with Crippen molar-refractivity contribution in [3.8, 4) is 0 Å². The van der Waals surface area contributed by atoms with Gasteiger partial charge in [0.05, 0.1) is 13.2 Å². The van der Waals surface area contributed by atoms with E-state index in [1.165, 1.54) is 0 Å². The number of hydrogen-bond donors (Lipinski definition) is 0. The minimum absolute atomic E-state index is 0.193. The summed E-state index contributed by atoms with van der Waals surface area (Å²) in [5, 5.41) is 0.556. The molecule has 1 unspecified atom stereocenters. The molecule has 0 spiro atoms. The Morgan fingerprint density at radius 1 is 1.52 bits per heavy atom. The number of fused-ring (bicyclic) bond motifs is 1. The molecule has 2 aromatic heterocycles. The zero-order valence-corrected chi connectivity index (χ0v) is 13.7. The van der Waals surface area contributed by atoms with Crippen LogP contribution in [-0.4, -0.2) is 34.9 Å². The molecule has 0 saturated carbocycles. The fourth-order valence-electron chi connectivity index (χ4n) is 2.60. The predicted molar refractivity (Wildman–Crippen MR) is 84.5 cm³/mol. The normalized spacial score (nSPS) is 18.3. The number of nitrogens with zero attached hydrogens (tertiary/aromatic N) is 2. The second kappa shape index (κ2) is 7.29. The molecule has 1 saturated heterocycles. The first-order valence-electron chi connectivity index (χ1n) is 7.76.